The van der Waals surface area contributed by atoms with Gasteiger partial charge < -0.3 is 29.8 Å². The number of alkyl carbamates (subject to hydrolysis) is 1. The summed E-state index contributed by atoms with van der Waals surface area (Å²) in [4.78, 5) is 16.1. The second kappa shape index (κ2) is 7.77. The molecule has 0 aliphatic rings. The Labute approximate surface area is 157 Å². The van der Waals surface area contributed by atoms with E-state index < -0.39 is 11.7 Å². The molecule has 0 atom stereocenters. The number of benzene rings is 1. The maximum absolute atomic E-state index is 11.7. The zero-order valence-corrected chi connectivity index (χ0v) is 16.4. The molecular weight excluding hydrogens is 356 g/mol. The van der Waals surface area contributed by atoms with Gasteiger partial charge in [0.25, 0.3) is 0 Å². The molecule has 0 aliphatic carbocycles. The van der Waals surface area contributed by atoms with E-state index in [-0.39, 0.29) is 0 Å². The van der Waals surface area contributed by atoms with E-state index in [0.717, 1.165) is 0 Å². The highest BCUT2D eigenvalue weighted by molar-refractivity contribution is 7.71. The SMILES string of the molecule is COc1cc2nc(=S)n(CCNC(=O)OC(C)(C)C)c(N)c2cc1OC. The first kappa shape index (κ1) is 19.8. The molecule has 2 rings (SSSR count). The number of carbonyl (C=O) groups excluding carboxylic acids is 1. The molecule has 26 heavy (non-hydrogen) atoms. The fourth-order valence-corrected chi connectivity index (χ4v) is 2.67. The molecule has 0 saturated heterocycles. The van der Waals surface area contributed by atoms with Gasteiger partial charge in [-0.15, -0.1) is 0 Å². The van der Waals surface area contributed by atoms with E-state index in [4.69, 9.17) is 32.2 Å². The summed E-state index contributed by atoms with van der Waals surface area (Å²) in [6.45, 7) is 6.07. The molecule has 0 fully saturated rings. The molecule has 0 spiro atoms. The van der Waals surface area contributed by atoms with Crippen molar-refractivity contribution in [2.75, 3.05) is 26.5 Å². The van der Waals surface area contributed by atoms with E-state index in [0.29, 0.717) is 46.1 Å². The van der Waals surface area contributed by atoms with Crippen LogP contribution in [0.5, 0.6) is 11.5 Å². The monoisotopic (exact) mass is 380 g/mol. The molecule has 0 radical (unpaired) electrons. The fraction of sp³-hybridized carbons (Fsp3) is 0.471. The molecule has 1 amide bonds. The summed E-state index contributed by atoms with van der Waals surface area (Å²) in [6, 6.07) is 3.48. The first-order chi connectivity index (χ1) is 12.2. The predicted octanol–water partition coefficient (Wildman–Crippen LogP) is 2.89. The molecule has 8 nitrogen and oxygen atoms in total. The number of rotatable bonds is 5. The average molecular weight is 380 g/mol. The number of ether oxygens (including phenoxy) is 3. The number of nitrogens with zero attached hydrogens (tertiary/aromatic N) is 2. The van der Waals surface area contributed by atoms with E-state index >= 15 is 0 Å². The van der Waals surface area contributed by atoms with E-state index in [1.165, 1.54) is 0 Å². The Morgan fingerprint density at radius 3 is 2.46 bits per heavy atom. The molecule has 142 valence electrons. The Kier molecular flexibility index (Phi) is 5.91. The van der Waals surface area contributed by atoms with Gasteiger partial charge in [-0.25, -0.2) is 9.78 Å². The van der Waals surface area contributed by atoms with Gasteiger partial charge in [-0.2, -0.15) is 0 Å². The Balaban J connectivity index is 2.25. The lowest BCUT2D eigenvalue weighted by molar-refractivity contribution is 0.0526. The van der Waals surface area contributed by atoms with Gasteiger partial charge in [0, 0.05) is 24.5 Å². The lowest BCUT2D eigenvalue weighted by Crippen LogP contribution is -2.34. The number of methoxy groups -OCH3 is 2. The van der Waals surface area contributed by atoms with Crippen molar-refractivity contribution in [2.45, 2.75) is 32.9 Å². The Hall–Kier alpha value is -2.55. The van der Waals surface area contributed by atoms with Crippen LogP contribution in [-0.2, 0) is 11.3 Å². The van der Waals surface area contributed by atoms with Gasteiger partial charge in [0.1, 0.15) is 11.4 Å². The highest BCUT2D eigenvalue weighted by atomic mass is 32.1. The zero-order chi connectivity index (χ0) is 19.5. The number of carbonyl (C=O) groups is 1. The van der Waals surface area contributed by atoms with Gasteiger partial charge in [0.05, 0.1) is 19.7 Å². The van der Waals surface area contributed by atoms with Crippen molar-refractivity contribution in [1.82, 2.24) is 14.9 Å². The number of amides is 1. The third kappa shape index (κ3) is 4.54. The van der Waals surface area contributed by atoms with Crippen LogP contribution in [0, 0.1) is 4.77 Å². The highest BCUT2D eigenvalue weighted by Crippen LogP contribution is 2.33. The van der Waals surface area contributed by atoms with Crippen molar-refractivity contribution in [1.29, 1.82) is 0 Å². The number of nitrogens with one attached hydrogen (secondary N) is 1. The number of aromatic nitrogens is 2. The number of nitrogens with two attached hydrogens (primary N) is 1. The number of nitrogen functional groups attached to an aromatic ring is 1. The molecule has 3 N–H and O–H groups in total. The van der Waals surface area contributed by atoms with Crippen LogP contribution in [0.25, 0.3) is 10.9 Å². The lowest BCUT2D eigenvalue weighted by Gasteiger charge is -2.20. The normalized spacial score (nSPS) is 11.3. The van der Waals surface area contributed by atoms with Gasteiger partial charge in [0.2, 0.25) is 4.77 Å². The van der Waals surface area contributed by atoms with Crippen molar-refractivity contribution < 1.29 is 19.0 Å². The van der Waals surface area contributed by atoms with Crippen LogP contribution in [0.1, 0.15) is 20.8 Å². The van der Waals surface area contributed by atoms with E-state index in [1.54, 1.807) is 51.7 Å². The van der Waals surface area contributed by atoms with Crippen molar-refractivity contribution in [3.63, 3.8) is 0 Å². The Morgan fingerprint density at radius 1 is 1.27 bits per heavy atom. The van der Waals surface area contributed by atoms with E-state index in [1.807, 2.05) is 0 Å². The molecule has 0 unspecified atom stereocenters. The summed E-state index contributed by atoms with van der Waals surface area (Å²) in [5.41, 5.74) is 6.33. The zero-order valence-electron chi connectivity index (χ0n) is 15.6. The minimum Gasteiger partial charge on any atom is -0.493 e. The van der Waals surface area contributed by atoms with Crippen molar-refractivity contribution in [3.8, 4) is 11.5 Å². The summed E-state index contributed by atoms with van der Waals surface area (Å²) in [6.07, 6.45) is -0.497. The minimum atomic E-state index is -0.556. The predicted molar refractivity (Wildman–Crippen MR) is 102 cm³/mol. The van der Waals surface area contributed by atoms with E-state index in [2.05, 4.69) is 10.3 Å². The molecule has 0 bridgehead atoms. The van der Waals surface area contributed by atoms with E-state index in [9.17, 15) is 4.79 Å². The first-order valence-corrected chi connectivity index (χ1v) is 8.46. The average Bonchev–Trinajstić information content (AvgIpc) is 2.55. The molecule has 0 saturated carbocycles. The van der Waals surface area contributed by atoms with Crippen LogP contribution in [-0.4, -0.2) is 42.0 Å². The second-order valence-corrected chi connectivity index (χ2v) is 6.95. The molecule has 0 aliphatic heterocycles. The second-order valence-electron chi connectivity index (χ2n) is 6.58. The van der Waals surface area contributed by atoms with Crippen LogP contribution >= 0.6 is 12.2 Å². The van der Waals surface area contributed by atoms with Crippen LogP contribution in [0.3, 0.4) is 0 Å². The maximum atomic E-state index is 11.7. The molecule has 1 aromatic heterocycles. The fourth-order valence-electron chi connectivity index (χ4n) is 2.38. The molecular formula is C17H24N4O4S. The van der Waals surface area contributed by atoms with Crippen LogP contribution in [0.15, 0.2) is 12.1 Å². The molecule has 1 heterocycles. The van der Waals surface area contributed by atoms with Gasteiger partial charge >= 0.3 is 6.09 Å². The summed E-state index contributed by atoms with van der Waals surface area (Å²) in [5.74, 6) is 1.53. The standard InChI is InChI=1S/C17H24N4O4S/c1-17(2,3)25-16(22)19-6-7-21-14(18)10-8-12(23-4)13(24-5)9-11(10)20-15(21)26/h8-9H,6-7,18H2,1-5H3,(H,19,22). The third-order valence-corrected chi connectivity index (χ3v) is 3.83. The Bertz CT molecular complexity index is 874. The van der Waals surface area contributed by atoms with Gasteiger partial charge in [-0.1, -0.05) is 0 Å². The van der Waals surface area contributed by atoms with Crippen LogP contribution in [0.2, 0.25) is 0 Å². The molecule has 2 aromatic rings. The van der Waals surface area contributed by atoms with Crippen LogP contribution < -0.4 is 20.5 Å². The highest BCUT2D eigenvalue weighted by Gasteiger charge is 2.16. The maximum Gasteiger partial charge on any atom is 0.407 e. The first-order valence-electron chi connectivity index (χ1n) is 8.05. The summed E-state index contributed by atoms with van der Waals surface area (Å²) in [7, 11) is 3.10. The van der Waals surface area contributed by atoms with Crippen molar-refractivity contribution in [3.05, 3.63) is 16.9 Å². The Morgan fingerprint density at radius 2 is 1.88 bits per heavy atom. The van der Waals surface area contributed by atoms with Crippen molar-refractivity contribution >= 4 is 35.0 Å². The number of hydrogen-bond acceptors (Lipinski definition) is 7. The number of fused-ring (bicyclic) bond motifs is 1. The largest absolute Gasteiger partial charge is 0.493 e. The summed E-state index contributed by atoms with van der Waals surface area (Å²) >= 11 is 5.33. The topological polar surface area (TPSA) is 101 Å². The minimum absolute atomic E-state index is 0.300. The summed E-state index contributed by atoms with van der Waals surface area (Å²) < 4.78 is 17.8. The van der Waals surface area contributed by atoms with Crippen molar-refractivity contribution in [2.24, 2.45) is 0 Å². The smallest absolute Gasteiger partial charge is 0.407 e. The molecule has 9 heteroatoms. The number of hydrogen-bond donors (Lipinski definition) is 2. The third-order valence-electron chi connectivity index (χ3n) is 3.52. The quantitative estimate of drug-likeness (QED) is 0.769. The lowest BCUT2D eigenvalue weighted by atomic mass is 10.2. The van der Waals surface area contributed by atoms with Crippen LogP contribution in [0.4, 0.5) is 10.6 Å². The van der Waals surface area contributed by atoms with Gasteiger partial charge in [-0.3, -0.25) is 0 Å². The summed E-state index contributed by atoms with van der Waals surface area (Å²) in [5, 5.41) is 3.36. The number of anilines is 1. The molecule has 1 aromatic carbocycles. The van der Waals surface area contributed by atoms with Gasteiger partial charge in [-0.05, 0) is 39.1 Å². The van der Waals surface area contributed by atoms with Gasteiger partial charge in [0.15, 0.2) is 11.5 Å².